The number of amides is 2. The summed E-state index contributed by atoms with van der Waals surface area (Å²) >= 11 is 0. The molecule has 3 aromatic rings. The summed E-state index contributed by atoms with van der Waals surface area (Å²) in [6, 6.07) is 15.3. The van der Waals surface area contributed by atoms with Crippen LogP contribution in [0, 0.1) is 11.7 Å². The Morgan fingerprint density at radius 2 is 1.90 bits per heavy atom. The Morgan fingerprint density at radius 3 is 2.62 bits per heavy atom. The fraction of sp³-hybridized carbons (Fsp3) is 0.217. The topological polar surface area (TPSA) is 62.6 Å². The van der Waals surface area contributed by atoms with Gasteiger partial charge in [-0.3, -0.25) is 9.59 Å². The Morgan fingerprint density at radius 1 is 1.07 bits per heavy atom. The van der Waals surface area contributed by atoms with Crippen molar-refractivity contribution in [1.29, 1.82) is 0 Å². The van der Waals surface area contributed by atoms with Crippen LogP contribution in [0.15, 0.2) is 71.5 Å². The third-order valence-electron chi connectivity index (χ3n) is 5.16. The van der Waals surface area contributed by atoms with Crippen LogP contribution in [-0.4, -0.2) is 29.8 Å². The van der Waals surface area contributed by atoms with Gasteiger partial charge in [-0.2, -0.15) is 0 Å². The lowest BCUT2D eigenvalue weighted by Crippen LogP contribution is -2.43. The molecule has 1 fully saturated rings. The van der Waals surface area contributed by atoms with E-state index in [9.17, 15) is 14.0 Å². The van der Waals surface area contributed by atoms with E-state index in [-0.39, 0.29) is 23.5 Å². The molecule has 1 atom stereocenters. The first-order chi connectivity index (χ1) is 14.1. The number of rotatable bonds is 4. The van der Waals surface area contributed by atoms with Gasteiger partial charge in [0.15, 0.2) is 0 Å². The quantitative estimate of drug-likeness (QED) is 0.707. The smallest absolute Gasteiger partial charge is 0.257 e. The SMILES string of the molecule is O=C(Nc1ccc(-c2cccc(F)c2)cc1)C1CCCN(C(=O)c2ccoc2)C1. The van der Waals surface area contributed by atoms with E-state index in [0.717, 1.165) is 24.0 Å². The van der Waals surface area contributed by atoms with Gasteiger partial charge in [-0.1, -0.05) is 24.3 Å². The molecule has 148 valence electrons. The second kappa shape index (κ2) is 8.31. The number of piperidine rings is 1. The van der Waals surface area contributed by atoms with E-state index in [4.69, 9.17) is 4.42 Å². The summed E-state index contributed by atoms with van der Waals surface area (Å²) in [4.78, 5) is 26.9. The molecule has 2 heterocycles. The summed E-state index contributed by atoms with van der Waals surface area (Å²) < 4.78 is 18.4. The van der Waals surface area contributed by atoms with Gasteiger partial charge in [-0.05, 0) is 54.3 Å². The molecule has 4 rings (SSSR count). The Kier molecular flexibility index (Phi) is 5.42. The molecule has 1 aromatic heterocycles. The van der Waals surface area contributed by atoms with Crippen molar-refractivity contribution in [3.05, 3.63) is 78.5 Å². The molecule has 5 nitrogen and oxygen atoms in total. The van der Waals surface area contributed by atoms with Crippen molar-refractivity contribution in [2.45, 2.75) is 12.8 Å². The first-order valence-electron chi connectivity index (χ1n) is 9.58. The molecule has 1 N–H and O–H groups in total. The monoisotopic (exact) mass is 392 g/mol. The number of carbonyl (C=O) groups excluding carboxylic acids is 2. The largest absolute Gasteiger partial charge is 0.472 e. The Labute approximate surface area is 168 Å². The van der Waals surface area contributed by atoms with E-state index in [2.05, 4.69) is 5.32 Å². The highest BCUT2D eigenvalue weighted by Gasteiger charge is 2.29. The fourth-order valence-corrected chi connectivity index (χ4v) is 3.60. The molecule has 0 aliphatic carbocycles. The summed E-state index contributed by atoms with van der Waals surface area (Å²) in [7, 11) is 0. The van der Waals surface area contributed by atoms with Crippen molar-refractivity contribution >= 4 is 17.5 Å². The molecule has 2 amide bonds. The summed E-state index contributed by atoms with van der Waals surface area (Å²) in [5, 5.41) is 2.93. The molecule has 0 spiro atoms. The number of anilines is 1. The Hall–Kier alpha value is -3.41. The van der Waals surface area contributed by atoms with Crippen LogP contribution in [-0.2, 0) is 4.79 Å². The van der Waals surface area contributed by atoms with Crippen LogP contribution in [0.2, 0.25) is 0 Å². The van der Waals surface area contributed by atoms with Gasteiger partial charge in [-0.25, -0.2) is 4.39 Å². The number of hydrogen-bond donors (Lipinski definition) is 1. The molecule has 0 saturated carbocycles. The van der Waals surface area contributed by atoms with Gasteiger partial charge in [0.2, 0.25) is 5.91 Å². The average molecular weight is 392 g/mol. The predicted molar refractivity (Wildman–Crippen MR) is 108 cm³/mol. The van der Waals surface area contributed by atoms with Crippen molar-refractivity contribution in [2.75, 3.05) is 18.4 Å². The van der Waals surface area contributed by atoms with E-state index >= 15 is 0 Å². The Balaban J connectivity index is 1.39. The molecule has 1 unspecified atom stereocenters. The second-order valence-corrected chi connectivity index (χ2v) is 7.18. The van der Waals surface area contributed by atoms with Crippen LogP contribution < -0.4 is 5.32 Å². The van der Waals surface area contributed by atoms with Gasteiger partial charge < -0.3 is 14.6 Å². The minimum absolute atomic E-state index is 0.104. The van der Waals surface area contributed by atoms with Crippen molar-refractivity contribution in [2.24, 2.45) is 5.92 Å². The summed E-state index contributed by atoms with van der Waals surface area (Å²) in [6.45, 7) is 1.02. The maximum Gasteiger partial charge on any atom is 0.257 e. The molecule has 29 heavy (non-hydrogen) atoms. The molecule has 2 aromatic carbocycles. The van der Waals surface area contributed by atoms with Gasteiger partial charge in [0.1, 0.15) is 12.1 Å². The molecule has 0 bridgehead atoms. The van der Waals surface area contributed by atoms with E-state index < -0.39 is 0 Å². The van der Waals surface area contributed by atoms with E-state index in [0.29, 0.717) is 24.3 Å². The second-order valence-electron chi connectivity index (χ2n) is 7.18. The number of halogens is 1. The van der Waals surface area contributed by atoms with Crippen LogP contribution in [0.3, 0.4) is 0 Å². The molecule has 0 radical (unpaired) electrons. The lowest BCUT2D eigenvalue weighted by atomic mass is 9.96. The standard InChI is InChI=1S/C23H21FN2O3/c24-20-5-1-3-17(13-20)16-6-8-21(9-7-16)25-22(27)18-4-2-11-26(14-18)23(28)19-10-12-29-15-19/h1,3,5-10,12-13,15,18H,2,4,11,14H2,(H,25,27). The summed E-state index contributed by atoms with van der Waals surface area (Å²) in [6.07, 6.45) is 4.41. The zero-order chi connectivity index (χ0) is 20.2. The summed E-state index contributed by atoms with van der Waals surface area (Å²) in [5.74, 6) is -0.766. The minimum atomic E-state index is -0.285. The maximum atomic E-state index is 13.4. The number of furan rings is 1. The lowest BCUT2D eigenvalue weighted by Gasteiger charge is -2.31. The maximum absolute atomic E-state index is 13.4. The first kappa shape index (κ1) is 18.9. The third-order valence-corrected chi connectivity index (χ3v) is 5.16. The minimum Gasteiger partial charge on any atom is -0.472 e. The number of benzene rings is 2. The van der Waals surface area contributed by atoms with E-state index in [1.165, 1.54) is 24.7 Å². The lowest BCUT2D eigenvalue weighted by molar-refractivity contribution is -0.121. The first-order valence-corrected chi connectivity index (χ1v) is 9.58. The zero-order valence-corrected chi connectivity index (χ0v) is 15.8. The molecule has 1 saturated heterocycles. The fourth-order valence-electron chi connectivity index (χ4n) is 3.60. The van der Waals surface area contributed by atoms with Crippen molar-refractivity contribution in [1.82, 2.24) is 4.90 Å². The number of nitrogens with zero attached hydrogens (tertiary/aromatic N) is 1. The molecule has 1 aliphatic heterocycles. The molecule has 1 aliphatic rings. The third kappa shape index (κ3) is 4.37. The normalized spacial score (nSPS) is 16.4. The van der Waals surface area contributed by atoms with Crippen LogP contribution in [0.5, 0.6) is 0 Å². The van der Waals surface area contributed by atoms with Gasteiger partial charge in [0.25, 0.3) is 5.91 Å². The highest BCUT2D eigenvalue weighted by Crippen LogP contribution is 2.24. The number of likely N-dealkylation sites (tertiary alicyclic amines) is 1. The Bertz CT molecular complexity index is 999. The number of carbonyl (C=O) groups is 2. The average Bonchev–Trinajstić information content (AvgIpc) is 3.29. The van der Waals surface area contributed by atoms with Gasteiger partial charge in [0.05, 0.1) is 17.7 Å². The van der Waals surface area contributed by atoms with Crippen LogP contribution in [0.25, 0.3) is 11.1 Å². The zero-order valence-electron chi connectivity index (χ0n) is 15.8. The van der Waals surface area contributed by atoms with Gasteiger partial charge in [0, 0.05) is 18.8 Å². The van der Waals surface area contributed by atoms with Gasteiger partial charge >= 0.3 is 0 Å². The molecular weight excluding hydrogens is 371 g/mol. The van der Waals surface area contributed by atoms with Crippen molar-refractivity contribution in [3.63, 3.8) is 0 Å². The predicted octanol–water partition coefficient (Wildman–Crippen LogP) is 4.58. The number of nitrogens with one attached hydrogen (secondary N) is 1. The molecule has 6 heteroatoms. The van der Waals surface area contributed by atoms with Crippen LogP contribution >= 0.6 is 0 Å². The summed E-state index contributed by atoms with van der Waals surface area (Å²) in [5.41, 5.74) is 2.83. The van der Waals surface area contributed by atoms with E-state index in [1.807, 2.05) is 18.2 Å². The van der Waals surface area contributed by atoms with E-state index in [1.54, 1.807) is 29.2 Å². The van der Waals surface area contributed by atoms with Crippen LogP contribution in [0.1, 0.15) is 23.2 Å². The number of hydrogen-bond acceptors (Lipinski definition) is 3. The highest BCUT2D eigenvalue weighted by molar-refractivity contribution is 5.96. The van der Waals surface area contributed by atoms with Gasteiger partial charge in [-0.15, -0.1) is 0 Å². The van der Waals surface area contributed by atoms with Crippen molar-refractivity contribution < 1.29 is 18.4 Å². The van der Waals surface area contributed by atoms with Crippen LogP contribution in [0.4, 0.5) is 10.1 Å². The highest BCUT2D eigenvalue weighted by atomic mass is 19.1. The molecular formula is C23H21FN2O3. The van der Waals surface area contributed by atoms with Crippen molar-refractivity contribution in [3.8, 4) is 11.1 Å².